The number of benzene rings is 2. The van der Waals surface area contributed by atoms with Gasteiger partial charge in [-0.1, -0.05) is 50.1 Å². The fourth-order valence-electron chi connectivity index (χ4n) is 4.53. The summed E-state index contributed by atoms with van der Waals surface area (Å²) in [6, 6.07) is 16.0. The van der Waals surface area contributed by atoms with E-state index in [-0.39, 0.29) is 5.92 Å². The molecule has 1 aliphatic heterocycles. The highest BCUT2D eigenvalue weighted by atomic mass is 16.5. The number of carbonyl (C=O) groups is 4. The van der Waals surface area contributed by atoms with Crippen molar-refractivity contribution in [2.45, 2.75) is 44.8 Å². The van der Waals surface area contributed by atoms with E-state index in [9.17, 15) is 19.2 Å². The van der Waals surface area contributed by atoms with Crippen LogP contribution in [0.4, 0.5) is 10.5 Å². The van der Waals surface area contributed by atoms with Crippen molar-refractivity contribution in [2.24, 2.45) is 5.92 Å². The van der Waals surface area contributed by atoms with Crippen molar-refractivity contribution in [1.29, 1.82) is 0 Å². The molecule has 35 heavy (non-hydrogen) atoms. The van der Waals surface area contributed by atoms with Gasteiger partial charge in [-0.3, -0.25) is 19.3 Å². The molecule has 2 aromatic carbocycles. The summed E-state index contributed by atoms with van der Waals surface area (Å²) in [6.45, 7) is 1.31. The van der Waals surface area contributed by atoms with Gasteiger partial charge in [0.2, 0.25) is 0 Å². The molecule has 9 heteroatoms. The Balaban J connectivity index is 1.22. The molecule has 1 spiro atoms. The van der Waals surface area contributed by atoms with Crippen LogP contribution in [-0.2, 0) is 25.7 Å². The van der Waals surface area contributed by atoms with Gasteiger partial charge in [-0.15, -0.1) is 0 Å². The average Bonchev–Trinajstić information content (AvgIpc) is 3.09. The number of esters is 1. The number of rotatable bonds is 8. The summed E-state index contributed by atoms with van der Waals surface area (Å²) in [7, 11) is 0. The number of hydrogen-bond acceptors (Lipinski definition) is 6. The smallest absolute Gasteiger partial charge is 0.326 e. The minimum atomic E-state index is -0.941. The normalized spacial score (nSPS) is 21.5. The summed E-state index contributed by atoms with van der Waals surface area (Å²) < 4.78 is 10.7. The highest BCUT2D eigenvalue weighted by Gasteiger charge is 2.55. The van der Waals surface area contributed by atoms with Gasteiger partial charge >= 0.3 is 12.0 Å². The van der Waals surface area contributed by atoms with E-state index in [1.165, 1.54) is 0 Å². The molecule has 0 radical (unpaired) electrons. The first kappa shape index (κ1) is 24.3. The Morgan fingerprint density at radius 2 is 1.83 bits per heavy atom. The summed E-state index contributed by atoms with van der Waals surface area (Å²) in [5.74, 6) is -1.11. The van der Waals surface area contributed by atoms with Crippen LogP contribution in [0.2, 0.25) is 0 Å². The molecule has 1 saturated heterocycles. The van der Waals surface area contributed by atoms with Gasteiger partial charge in [0.1, 0.15) is 24.4 Å². The first-order valence-electron chi connectivity index (χ1n) is 11.7. The molecule has 0 bridgehead atoms. The molecule has 2 aromatic rings. The molecule has 4 rings (SSSR count). The molecule has 0 unspecified atom stereocenters. The molecular weight excluding hydrogens is 450 g/mol. The quantitative estimate of drug-likeness (QED) is 0.444. The van der Waals surface area contributed by atoms with Crippen LogP contribution < -0.4 is 15.4 Å². The molecule has 1 aliphatic carbocycles. The van der Waals surface area contributed by atoms with Gasteiger partial charge in [-0.05, 0) is 48.6 Å². The fourth-order valence-corrected chi connectivity index (χ4v) is 4.53. The Labute approximate surface area is 203 Å². The van der Waals surface area contributed by atoms with E-state index in [4.69, 9.17) is 9.47 Å². The monoisotopic (exact) mass is 479 g/mol. The average molecular weight is 480 g/mol. The Hall–Kier alpha value is -3.88. The highest BCUT2D eigenvalue weighted by molar-refractivity contribution is 6.09. The maximum absolute atomic E-state index is 12.9. The van der Waals surface area contributed by atoms with Gasteiger partial charge in [0.25, 0.3) is 11.8 Å². The number of amides is 4. The molecule has 2 N–H and O–H groups in total. The predicted octanol–water partition coefficient (Wildman–Crippen LogP) is 3.25. The Morgan fingerprint density at radius 3 is 2.54 bits per heavy atom. The fraction of sp³-hybridized carbons (Fsp3) is 0.385. The molecular formula is C26H29N3O6. The lowest BCUT2D eigenvalue weighted by atomic mass is 9.73. The second-order valence-corrected chi connectivity index (χ2v) is 8.95. The second-order valence-electron chi connectivity index (χ2n) is 8.95. The van der Waals surface area contributed by atoms with E-state index < -0.39 is 42.5 Å². The largest absolute Gasteiger partial charge is 0.489 e. The molecule has 4 amide bonds. The number of ether oxygens (including phenoxy) is 2. The van der Waals surface area contributed by atoms with Crippen LogP contribution in [0.15, 0.2) is 54.6 Å². The first-order chi connectivity index (χ1) is 16.9. The SMILES string of the molecule is C[C@H]1CCCC[C@@]12NC(=O)N(CC(=O)OCC(=O)Nc1ccc(OCc3ccccc3)cc1)C2=O. The number of nitrogens with one attached hydrogen (secondary N) is 2. The zero-order valence-corrected chi connectivity index (χ0v) is 19.6. The lowest BCUT2D eigenvalue weighted by Crippen LogP contribution is -2.54. The number of nitrogens with zero attached hydrogens (tertiary/aromatic N) is 1. The first-order valence-corrected chi connectivity index (χ1v) is 11.7. The molecule has 9 nitrogen and oxygen atoms in total. The number of hydrogen-bond donors (Lipinski definition) is 2. The van der Waals surface area contributed by atoms with Gasteiger partial charge in [-0.2, -0.15) is 0 Å². The Kier molecular flexibility index (Phi) is 7.33. The number of urea groups is 1. The maximum Gasteiger partial charge on any atom is 0.326 e. The molecule has 184 valence electrons. The van der Waals surface area contributed by atoms with Crippen molar-refractivity contribution in [3.8, 4) is 5.75 Å². The molecule has 2 atom stereocenters. The lowest BCUT2D eigenvalue weighted by Gasteiger charge is -2.36. The van der Waals surface area contributed by atoms with Crippen molar-refractivity contribution in [3.63, 3.8) is 0 Å². The third kappa shape index (κ3) is 5.62. The van der Waals surface area contributed by atoms with E-state index in [1.807, 2.05) is 37.3 Å². The van der Waals surface area contributed by atoms with E-state index in [0.717, 1.165) is 29.7 Å². The van der Waals surface area contributed by atoms with Crippen LogP contribution >= 0.6 is 0 Å². The van der Waals surface area contributed by atoms with Gasteiger partial charge in [0, 0.05) is 5.69 Å². The Morgan fingerprint density at radius 1 is 1.09 bits per heavy atom. The summed E-state index contributed by atoms with van der Waals surface area (Å²) in [4.78, 5) is 50.6. The van der Waals surface area contributed by atoms with Crippen molar-refractivity contribution in [1.82, 2.24) is 10.2 Å². The van der Waals surface area contributed by atoms with Crippen LogP contribution in [0.1, 0.15) is 38.2 Å². The van der Waals surface area contributed by atoms with Crippen molar-refractivity contribution >= 4 is 29.5 Å². The van der Waals surface area contributed by atoms with E-state index in [1.54, 1.807) is 24.3 Å². The van der Waals surface area contributed by atoms with Gasteiger partial charge < -0.3 is 20.1 Å². The molecule has 0 aromatic heterocycles. The van der Waals surface area contributed by atoms with Crippen LogP contribution in [0.5, 0.6) is 5.75 Å². The molecule has 1 saturated carbocycles. The van der Waals surface area contributed by atoms with Crippen molar-refractivity contribution < 1.29 is 28.7 Å². The van der Waals surface area contributed by atoms with Gasteiger partial charge in [0.15, 0.2) is 6.61 Å². The number of anilines is 1. The van der Waals surface area contributed by atoms with Gasteiger partial charge in [0.05, 0.1) is 0 Å². The van der Waals surface area contributed by atoms with Crippen LogP contribution in [-0.4, -0.2) is 47.4 Å². The standard InChI is InChI=1S/C26H29N3O6/c1-18-7-5-6-14-26(18)24(32)29(25(33)28-26)15-23(31)35-17-22(30)27-20-10-12-21(13-11-20)34-16-19-8-3-2-4-9-19/h2-4,8-13,18H,5-7,14-17H2,1H3,(H,27,30)(H,28,33)/t18-,26+/m0/s1. The Bertz CT molecular complexity index is 1090. The summed E-state index contributed by atoms with van der Waals surface area (Å²) in [5.41, 5.74) is 0.618. The van der Waals surface area contributed by atoms with Crippen LogP contribution in [0.3, 0.4) is 0 Å². The predicted molar refractivity (Wildman–Crippen MR) is 127 cm³/mol. The van der Waals surface area contributed by atoms with Crippen LogP contribution in [0.25, 0.3) is 0 Å². The molecule has 1 heterocycles. The maximum atomic E-state index is 12.9. The third-order valence-corrected chi connectivity index (χ3v) is 6.54. The van der Waals surface area contributed by atoms with Crippen molar-refractivity contribution in [2.75, 3.05) is 18.5 Å². The van der Waals surface area contributed by atoms with Crippen molar-refractivity contribution in [3.05, 3.63) is 60.2 Å². The van der Waals surface area contributed by atoms with Gasteiger partial charge in [-0.25, -0.2) is 4.79 Å². The third-order valence-electron chi connectivity index (χ3n) is 6.54. The molecule has 2 fully saturated rings. The molecule has 2 aliphatic rings. The topological polar surface area (TPSA) is 114 Å². The second kappa shape index (κ2) is 10.6. The minimum Gasteiger partial charge on any atom is -0.489 e. The minimum absolute atomic E-state index is 0.00498. The zero-order chi connectivity index (χ0) is 24.8. The number of imide groups is 1. The number of carbonyl (C=O) groups excluding carboxylic acids is 4. The summed E-state index contributed by atoms with van der Waals surface area (Å²) >= 11 is 0. The lowest BCUT2D eigenvalue weighted by molar-refractivity contribution is -0.150. The highest BCUT2D eigenvalue weighted by Crippen LogP contribution is 2.38. The summed E-state index contributed by atoms with van der Waals surface area (Å²) in [6.07, 6.45) is 3.25. The van der Waals surface area contributed by atoms with E-state index in [0.29, 0.717) is 24.5 Å². The van der Waals surface area contributed by atoms with E-state index >= 15 is 0 Å². The summed E-state index contributed by atoms with van der Waals surface area (Å²) in [5, 5.41) is 5.41. The zero-order valence-electron chi connectivity index (χ0n) is 19.6. The van der Waals surface area contributed by atoms with E-state index in [2.05, 4.69) is 10.6 Å². The van der Waals surface area contributed by atoms with Crippen LogP contribution in [0, 0.1) is 5.92 Å².